The highest BCUT2D eigenvalue weighted by Gasteiger charge is 2.49. The molecule has 11 heteroatoms. The molecule has 3 aromatic rings. The summed E-state index contributed by atoms with van der Waals surface area (Å²) in [5, 5.41) is 12.3. The summed E-state index contributed by atoms with van der Waals surface area (Å²) in [6.45, 7) is 0. The van der Waals surface area contributed by atoms with Gasteiger partial charge in [0.2, 0.25) is 0 Å². The quantitative estimate of drug-likeness (QED) is 0.599. The fraction of sp³-hybridized carbons (Fsp3) is 0.333. The van der Waals surface area contributed by atoms with Gasteiger partial charge >= 0.3 is 0 Å². The summed E-state index contributed by atoms with van der Waals surface area (Å²) in [4.78, 5) is 29.2. The molecule has 1 aliphatic rings. The van der Waals surface area contributed by atoms with Crippen molar-refractivity contribution < 1.29 is 13.6 Å². The number of halogens is 2. The average Bonchev–Trinajstić information content (AvgIpc) is 3.12. The number of hydrogen-bond acceptors (Lipinski definition) is 6. The van der Waals surface area contributed by atoms with Crippen molar-refractivity contribution in [1.29, 1.82) is 0 Å². The van der Waals surface area contributed by atoms with Gasteiger partial charge in [-0.05, 0) is 18.6 Å². The fourth-order valence-corrected chi connectivity index (χ4v) is 3.12. The molecule has 1 fully saturated rings. The highest BCUT2D eigenvalue weighted by Crippen LogP contribution is 2.37. The molecule has 1 saturated carbocycles. The van der Waals surface area contributed by atoms with Crippen LogP contribution >= 0.6 is 0 Å². The number of nitrogens with zero attached hydrogens (tertiary/aromatic N) is 4. The highest BCUT2D eigenvalue weighted by atomic mass is 19.3. The average molecular weight is 403 g/mol. The van der Waals surface area contributed by atoms with Crippen LogP contribution in [0.4, 0.5) is 26.1 Å². The van der Waals surface area contributed by atoms with E-state index in [-0.39, 0.29) is 29.6 Å². The number of fused-ring (bicyclic) bond motifs is 1. The van der Waals surface area contributed by atoms with Crippen LogP contribution in [0.25, 0.3) is 5.65 Å². The summed E-state index contributed by atoms with van der Waals surface area (Å²) < 4.78 is 29.8. The maximum atomic E-state index is 13.5. The van der Waals surface area contributed by atoms with Crippen LogP contribution in [0.2, 0.25) is 0 Å². The van der Waals surface area contributed by atoms with Crippen LogP contribution in [-0.4, -0.2) is 44.1 Å². The lowest BCUT2D eigenvalue weighted by Gasteiger charge is -2.36. The van der Waals surface area contributed by atoms with Gasteiger partial charge in [0, 0.05) is 32.8 Å². The number of pyridine rings is 1. The van der Waals surface area contributed by atoms with Gasteiger partial charge in [0.1, 0.15) is 22.9 Å². The van der Waals surface area contributed by atoms with Crippen molar-refractivity contribution in [1.82, 2.24) is 24.5 Å². The van der Waals surface area contributed by atoms with Gasteiger partial charge in [-0.2, -0.15) is 9.61 Å². The van der Waals surface area contributed by atoms with Gasteiger partial charge in [-0.3, -0.25) is 9.59 Å². The van der Waals surface area contributed by atoms with E-state index in [0.717, 1.165) is 0 Å². The Hall–Kier alpha value is -3.50. The van der Waals surface area contributed by atoms with Gasteiger partial charge < -0.3 is 20.5 Å². The van der Waals surface area contributed by atoms with Gasteiger partial charge in [-0.15, -0.1) is 0 Å². The van der Waals surface area contributed by atoms with Crippen LogP contribution < -0.4 is 21.5 Å². The first-order valence-corrected chi connectivity index (χ1v) is 8.98. The summed E-state index contributed by atoms with van der Waals surface area (Å²) in [6.07, 6.45) is 2.88. The molecule has 1 amide bonds. The molecule has 29 heavy (non-hydrogen) atoms. The Labute approximate surface area is 163 Å². The Morgan fingerprint density at radius 2 is 2.17 bits per heavy atom. The topological polar surface area (TPSA) is 105 Å². The minimum Gasteiger partial charge on any atom is -0.373 e. The number of hydrogen-bond donors (Lipinski definition) is 3. The van der Waals surface area contributed by atoms with Crippen molar-refractivity contribution in [2.24, 2.45) is 7.05 Å². The molecule has 3 heterocycles. The summed E-state index contributed by atoms with van der Waals surface area (Å²) in [6, 6.07) is 3.74. The van der Waals surface area contributed by atoms with E-state index in [0.29, 0.717) is 17.3 Å². The fourth-order valence-electron chi connectivity index (χ4n) is 3.12. The molecule has 0 spiro atoms. The van der Waals surface area contributed by atoms with Crippen LogP contribution in [0.5, 0.6) is 0 Å². The van der Waals surface area contributed by atoms with Crippen LogP contribution in [0.1, 0.15) is 23.2 Å². The first kappa shape index (κ1) is 18.8. The Balaban J connectivity index is 1.70. The Bertz CT molecular complexity index is 1150. The molecule has 9 nitrogen and oxygen atoms in total. The third-order valence-corrected chi connectivity index (χ3v) is 4.94. The molecule has 4 rings (SSSR count). The molecule has 1 aliphatic carbocycles. The summed E-state index contributed by atoms with van der Waals surface area (Å²) >= 11 is 0. The zero-order valence-corrected chi connectivity index (χ0v) is 15.7. The summed E-state index contributed by atoms with van der Waals surface area (Å²) in [7, 11) is 3.29. The molecule has 0 aliphatic heterocycles. The monoisotopic (exact) mass is 403 g/mol. The Morgan fingerprint density at radius 1 is 1.38 bits per heavy atom. The van der Waals surface area contributed by atoms with E-state index in [1.807, 2.05) is 0 Å². The van der Waals surface area contributed by atoms with Crippen LogP contribution in [0.3, 0.4) is 0 Å². The summed E-state index contributed by atoms with van der Waals surface area (Å²) in [5.74, 6) is -2.78. The number of aromatic nitrogens is 4. The third-order valence-electron chi connectivity index (χ3n) is 4.94. The lowest BCUT2D eigenvalue weighted by Crippen LogP contribution is -2.55. The van der Waals surface area contributed by atoms with Gasteiger partial charge in [0.15, 0.2) is 5.65 Å². The largest absolute Gasteiger partial charge is 0.373 e. The van der Waals surface area contributed by atoms with Crippen LogP contribution in [0, 0.1) is 0 Å². The predicted molar refractivity (Wildman–Crippen MR) is 103 cm³/mol. The highest BCUT2D eigenvalue weighted by molar-refractivity contribution is 6.00. The minimum absolute atomic E-state index is 0.0637. The molecule has 0 radical (unpaired) electrons. The second-order valence-electron chi connectivity index (χ2n) is 6.86. The number of carbonyl (C=O) groups excluding carboxylic acids is 1. The zero-order valence-electron chi connectivity index (χ0n) is 15.7. The molecule has 3 aromatic heterocycles. The number of anilines is 3. The first-order valence-electron chi connectivity index (χ1n) is 8.98. The van der Waals surface area contributed by atoms with Crippen molar-refractivity contribution in [3.8, 4) is 0 Å². The van der Waals surface area contributed by atoms with Gasteiger partial charge in [-0.25, -0.2) is 13.8 Å². The third kappa shape index (κ3) is 3.28. The van der Waals surface area contributed by atoms with Crippen molar-refractivity contribution in [2.45, 2.75) is 24.8 Å². The van der Waals surface area contributed by atoms with Crippen molar-refractivity contribution >= 4 is 28.9 Å². The van der Waals surface area contributed by atoms with E-state index < -0.39 is 17.9 Å². The van der Waals surface area contributed by atoms with Crippen LogP contribution in [-0.2, 0) is 7.05 Å². The standard InChI is InChI=1S/C18H19F2N7O2/c1-21-14-8-13(23-11-4-3-7-26(2)17(11)29)25-15-10(9-22-27(14)15)16(28)24-12-5-6-18(12,19)20/h3-4,7-9,12,21H,5-6H2,1-2H3,(H,23,25)(H,24,28). The van der Waals surface area contributed by atoms with E-state index in [1.165, 1.54) is 15.3 Å². The molecule has 1 atom stereocenters. The lowest BCUT2D eigenvalue weighted by atomic mass is 9.88. The number of carbonyl (C=O) groups is 1. The molecule has 0 saturated heterocycles. The summed E-state index contributed by atoms with van der Waals surface area (Å²) in [5.41, 5.74) is 0.286. The zero-order chi connectivity index (χ0) is 20.8. The normalized spacial score (nSPS) is 17.6. The van der Waals surface area contributed by atoms with E-state index >= 15 is 0 Å². The maximum absolute atomic E-state index is 13.5. The van der Waals surface area contributed by atoms with Crippen molar-refractivity contribution in [3.63, 3.8) is 0 Å². The first-order chi connectivity index (χ1) is 13.8. The predicted octanol–water partition coefficient (Wildman–Crippen LogP) is 1.74. The number of amides is 1. The molecule has 3 N–H and O–H groups in total. The van der Waals surface area contributed by atoms with Crippen molar-refractivity contribution in [2.75, 3.05) is 17.7 Å². The van der Waals surface area contributed by atoms with E-state index in [9.17, 15) is 18.4 Å². The number of alkyl halides is 2. The smallest absolute Gasteiger partial charge is 0.274 e. The SMILES string of the molecule is CNc1cc(Nc2cccn(C)c2=O)nc2c(C(=O)NC3CCC3(F)F)cnn12. The molecular formula is C18H19F2N7O2. The van der Waals surface area contributed by atoms with Gasteiger partial charge in [0.05, 0.1) is 12.2 Å². The Morgan fingerprint density at radius 3 is 2.83 bits per heavy atom. The molecule has 1 unspecified atom stereocenters. The van der Waals surface area contributed by atoms with Crippen molar-refractivity contribution in [3.05, 3.63) is 46.5 Å². The number of rotatable bonds is 5. The van der Waals surface area contributed by atoms with Gasteiger partial charge in [-0.1, -0.05) is 0 Å². The molecule has 152 valence electrons. The Kier molecular flexibility index (Phi) is 4.44. The van der Waals surface area contributed by atoms with E-state index in [1.54, 1.807) is 38.5 Å². The lowest BCUT2D eigenvalue weighted by molar-refractivity contribution is -0.102. The van der Waals surface area contributed by atoms with Gasteiger partial charge in [0.25, 0.3) is 17.4 Å². The molecule has 0 aromatic carbocycles. The molecule has 0 bridgehead atoms. The second kappa shape index (κ2) is 6.83. The number of aryl methyl sites for hydroxylation is 1. The van der Waals surface area contributed by atoms with E-state index in [2.05, 4.69) is 26.0 Å². The minimum atomic E-state index is -2.90. The number of nitrogens with one attached hydrogen (secondary N) is 3. The second-order valence-corrected chi connectivity index (χ2v) is 6.86. The van der Waals surface area contributed by atoms with Crippen LogP contribution in [0.15, 0.2) is 35.4 Å². The van der Waals surface area contributed by atoms with E-state index in [4.69, 9.17) is 0 Å². The maximum Gasteiger partial charge on any atom is 0.274 e. The molecular weight excluding hydrogens is 384 g/mol.